The number of rotatable bonds is 8. The number of nitrogens with one attached hydrogen (secondary N) is 2. The average Bonchev–Trinajstić information content (AvgIpc) is 2.71. The third-order valence-electron chi connectivity index (χ3n) is 4.64. The largest absolute Gasteiger partial charge is 0.372 e. The van der Waals surface area contributed by atoms with Gasteiger partial charge in [-0.05, 0) is 30.5 Å². The normalized spacial score (nSPS) is 10.7. The molecule has 0 saturated carbocycles. The Morgan fingerprint density at radius 3 is 2.41 bits per heavy atom. The lowest BCUT2D eigenvalue weighted by atomic mass is 10.1. The second-order valence-corrected chi connectivity index (χ2v) is 6.92. The van der Waals surface area contributed by atoms with Crippen molar-refractivity contribution in [1.82, 2.24) is 15.3 Å². The Morgan fingerprint density at radius 2 is 1.69 bits per heavy atom. The molecule has 1 amide bonds. The number of ether oxygens (including phenoxy) is 1. The van der Waals surface area contributed by atoms with Crippen molar-refractivity contribution in [3.63, 3.8) is 0 Å². The minimum atomic E-state index is -0.264. The van der Waals surface area contributed by atoms with Crippen LogP contribution in [-0.4, -0.2) is 15.9 Å². The fourth-order valence-electron chi connectivity index (χ4n) is 3.10. The summed E-state index contributed by atoms with van der Waals surface area (Å²) in [4.78, 5) is 31.3. The number of hydrogen-bond acceptors (Lipinski definition) is 4. The third kappa shape index (κ3) is 5.86. The van der Waals surface area contributed by atoms with Crippen LogP contribution < -0.4 is 10.9 Å². The minimum Gasteiger partial charge on any atom is -0.372 e. The van der Waals surface area contributed by atoms with Gasteiger partial charge in [0.1, 0.15) is 5.82 Å². The van der Waals surface area contributed by atoms with Crippen molar-refractivity contribution >= 4 is 5.91 Å². The number of nitrogens with zero attached hydrogens (tertiary/aromatic N) is 1. The molecule has 1 heterocycles. The average molecular weight is 391 g/mol. The summed E-state index contributed by atoms with van der Waals surface area (Å²) in [5, 5.41) is 2.89. The van der Waals surface area contributed by atoms with Crippen molar-refractivity contribution in [2.24, 2.45) is 0 Å². The Morgan fingerprint density at radius 1 is 1.00 bits per heavy atom. The van der Waals surface area contributed by atoms with Crippen LogP contribution in [0.4, 0.5) is 0 Å². The molecule has 0 atom stereocenters. The molecule has 3 aromatic rings. The molecule has 3 rings (SSSR count). The maximum atomic E-state index is 12.4. The second kappa shape index (κ2) is 9.80. The highest BCUT2D eigenvalue weighted by molar-refractivity contribution is 5.78. The van der Waals surface area contributed by atoms with E-state index in [-0.39, 0.29) is 17.9 Å². The first kappa shape index (κ1) is 20.5. The first-order valence-corrected chi connectivity index (χ1v) is 9.54. The van der Waals surface area contributed by atoms with Crippen LogP contribution in [0.1, 0.15) is 33.8 Å². The number of carbonyl (C=O) groups is 1. The van der Waals surface area contributed by atoms with E-state index in [1.807, 2.05) is 54.6 Å². The molecule has 0 radical (unpaired) electrons. The van der Waals surface area contributed by atoms with Crippen molar-refractivity contribution in [3.05, 3.63) is 98.7 Å². The molecule has 0 bridgehead atoms. The van der Waals surface area contributed by atoms with Gasteiger partial charge in [0.05, 0.1) is 19.6 Å². The van der Waals surface area contributed by atoms with E-state index < -0.39 is 0 Å². The Hall–Kier alpha value is -3.25. The summed E-state index contributed by atoms with van der Waals surface area (Å²) in [6.45, 7) is 4.82. The highest BCUT2D eigenvalue weighted by atomic mass is 16.5. The Balaban J connectivity index is 1.57. The smallest absolute Gasteiger partial charge is 0.254 e. The number of benzene rings is 2. The van der Waals surface area contributed by atoms with Gasteiger partial charge >= 0.3 is 0 Å². The van der Waals surface area contributed by atoms with Crippen molar-refractivity contribution in [3.8, 4) is 0 Å². The molecule has 0 aliphatic heterocycles. The molecular weight excluding hydrogens is 366 g/mol. The highest BCUT2D eigenvalue weighted by Crippen LogP contribution is 2.12. The number of aromatic amines is 1. The van der Waals surface area contributed by atoms with Gasteiger partial charge in [-0.1, -0.05) is 54.6 Å². The van der Waals surface area contributed by atoms with Gasteiger partial charge in [-0.2, -0.15) is 0 Å². The van der Waals surface area contributed by atoms with E-state index in [9.17, 15) is 9.59 Å². The predicted molar refractivity (Wildman–Crippen MR) is 111 cm³/mol. The lowest BCUT2D eigenvalue weighted by Gasteiger charge is -2.12. The molecule has 2 N–H and O–H groups in total. The standard InChI is InChI=1S/C23H25N3O3/c1-16-21(23(28)26-17(2)25-16)12-22(27)24-13-19-10-6-7-11-20(19)15-29-14-18-8-4-3-5-9-18/h3-11H,12-15H2,1-2H3,(H,24,27)(H,25,26,28). The van der Waals surface area contributed by atoms with Crippen LogP contribution in [0.5, 0.6) is 0 Å². The summed E-state index contributed by atoms with van der Waals surface area (Å²) in [7, 11) is 0. The van der Waals surface area contributed by atoms with Gasteiger partial charge < -0.3 is 15.0 Å². The zero-order valence-corrected chi connectivity index (χ0v) is 16.7. The molecular formula is C23H25N3O3. The number of carbonyl (C=O) groups excluding carboxylic acids is 1. The van der Waals surface area contributed by atoms with Crippen molar-refractivity contribution < 1.29 is 9.53 Å². The molecule has 0 spiro atoms. The predicted octanol–water partition coefficient (Wildman–Crippen LogP) is 2.96. The SMILES string of the molecule is Cc1nc(C)c(CC(=O)NCc2ccccc2COCc2ccccc2)c(=O)[nH]1. The molecule has 0 aliphatic carbocycles. The van der Waals surface area contributed by atoms with Crippen LogP contribution in [0, 0.1) is 13.8 Å². The van der Waals surface area contributed by atoms with E-state index in [1.165, 1.54) is 0 Å². The van der Waals surface area contributed by atoms with E-state index >= 15 is 0 Å². The Bertz CT molecular complexity index is 1030. The Labute approximate surface area is 170 Å². The fraction of sp³-hybridized carbons (Fsp3) is 0.261. The molecule has 0 unspecified atom stereocenters. The molecule has 0 aliphatic rings. The number of aromatic nitrogens is 2. The highest BCUT2D eigenvalue weighted by Gasteiger charge is 2.12. The van der Waals surface area contributed by atoms with Crippen LogP contribution in [0.2, 0.25) is 0 Å². The minimum absolute atomic E-state index is 0.00111. The summed E-state index contributed by atoms with van der Waals surface area (Å²) in [5.74, 6) is 0.324. The van der Waals surface area contributed by atoms with Crippen LogP contribution in [-0.2, 0) is 35.7 Å². The van der Waals surface area contributed by atoms with Crippen LogP contribution in [0.25, 0.3) is 0 Å². The summed E-state index contributed by atoms with van der Waals surface area (Å²) >= 11 is 0. The van der Waals surface area contributed by atoms with Gasteiger partial charge in [0.25, 0.3) is 5.56 Å². The fourth-order valence-corrected chi connectivity index (χ4v) is 3.10. The third-order valence-corrected chi connectivity index (χ3v) is 4.64. The van der Waals surface area contributed by atoms with Crippen LogP contribution >= 0.6 is 0 Å². The van der Waals surface area contributed by atoms with Gasteiger partial charge in [-0.25, -0.2) is 4.98 Å². The van der Waals surface area contributed by atoms with E-state index in [4.69, 9.17) is 4.74 Å². The maximum Gasteiger partial charge on any atom is 0.254 e. The van der Waals surface area contributed by atoms with Gasteiger partial charge in [0.15, 0.2) is 0 Å². The first-order chi connectivity index (χ1) is 14.0. The molecule has 29 heavy (non-hydrogen) atoms. The maximum absolute atomic E-state index is 12.4. The van der Waals surface area contributed by atoms with Gasteiger partial charge in [0.2, 0.25) is 5.91 Å². The molecule has 0 saturated heterocycles. The second-order valence-electron chi connectivity index (χ2n) is 6.92. The molecule has 6 nitrogen and oxygen atoms in total. The monoisotopic (exact) mass is 391 g/mol. The summed E-state index contributed by atoms with van der Waals surface area (Å²) in [6.07, 6.45) is 0.00111. The van der Waals surface area contributed by atoms with Gasteiger partial charge in [0, 0.05) is 17.8 Å². The zero-order valence-electron chi connectivity index (χ0n) is 16.7. The quantitative estimate of drug-likeness (QED) is 0.618. The van der Waals surface area contributed by atoms with E-state index in [0.717, 1.165) is 16.7 Å². The topological polar surface area (TPSA) is 84.1 Å². The van der Waals surface area contributed by atoms with Crippen LogP contribution in [0.15, 0.2) is 59.4 Å². The van der Waals surface area contributed by atoms with Gasteiger partial charge in [-0.15, -0.1) is 0 Å². The van der Waals surface area contributed by atoms with Crippen molar-refractivity contribution in [2.45, 2.75) is 40.0 Å². The molecule has 1 aromatic heterocycles. The Kier molecular flexibility index (Phi) is 6.92. The summed E-state index contributed by atoms with van der Waals surface area (Å²) in [5.41, 5.74) is 3.84. The van der Waals surface area contributed by atoms with E-state index in [2.05, 4.69) is 15.3 Å². The van der Waals surface area contributed by atoms with E-state index in [0.29, 0.717) is 36.8 Å². The molecule has 0 fully saturated rings. The lowest BCUT2D eigenvalue weighted by molar-refractivity contribution is -0.120. The zero-order chi connectivity index (χ0) is 20.6. The summed E-state index contributed by atoms with van der Waals surface area (Å²) in [6, 6.07) is 17.8. The van der Waals surface area contributed by atoms with Gasteiger partial charge in [-0.3, -0.25) is 9.59 Å². The van der Waals surface area contributed by atoms with Crippen molar-refractivity contribution in [2.75, 3.05) is 0 Å². The number of aryl methyl sites for hydroxylation is 2. The number of amides is 1. The molecule has 2 aromatic carbocycles. The lowest BCUT2D eigenvalue weighted by Crippen LogP contribution is -2.29. The van der Waals surface area contributed by atoms with Crippen molar-refractivity contribution in [1.29, 1.82) is 0 Å². The summed E-state index contributed by atoms with van der Waals surface area (Å²) < 4.78 is 5.83. The molecule has 150 valence electrons. The molecule has 6 heteroatoms. The van der Waals surface area contributed by atoms with Crippen LogP contribution in [0.3, 0.4) is 0 Å². The number of hydrogen-bond donors (Lipinski definition) is 2. The number of H-pyrrole nitrogens is 1. The first-order valence-electron chi connectivity index (χ1n) is 9.54. The van der Waals surface area contributed by atoms with E-state index in [1.54, 1.807) is 13.8 Å².